The van der Waals surface area contributed by atoms with Crippen LogP contribution in [0.1, 0.15) is 22.6 Å². The van der Waals surface area contributed by atoms with Crippen LogP contribution in [0.3, 0.4) is 0 Å². The zero-order chi connectivity index (χ0) is 23.7. The van der Waals surface area contributed by atoms with Crippen LogP contribution in [0.2, 0.25) is 5.02 Å². The van der Waals surface area contributed by atoms with Crippen LogP contribution < -0.4 is 5.32 Å². The predicted molar refractivity (Wildman–Crippen MR) is 124 cm³/mol. The summed E-state index contributed by atoms with van der Waals surface area (Å²) in [7, 11) is 0. The SMILES string of the molecule is O=C(NC(Cc1cc(Cl)c(F)c(Br)c1O)C(=O)O)OCC1c2ccccc2-c2ccccc21. The third-order valence-corrected chi connectivity index (χ3v) is 6.57. The largest absolute Gasteiger partial charge is 0.506 e. The highest BCUT2D eigenvalue weighted by molar-refractivity contribution is 9.10. The summed E-state index contributed by atoms with van der Waals surface area (Å²) in [5.41, 5.74) is 4.24. The maximum absolute atomic E-state index is 13.8. The van der Waals surface area contributed by atoms with Gasteiger partial charge in [-0.3, -0.25) is 0 Å². The van der Waals surface area contributed by atoms with Gasteiger partial charge in [0.2, 0.25) is 0 Å². The standard InChI is InChI=1S/C24H18BrClFNO5/c25-20-21(27)18(26)9-12(22(20)29)10-19(23(30)31)28-24(32)33-11-17-15-7-3-1-5-13(15)14-6-2-4-8-16(14)17/h1-9,17,19,29H,10-11H2,(H,28,32)(H,30,31). The van der Waals surface area contributed by atoms with Crippen molar-refractivity contribution in [2.75, 3.05) is 6.61 Å². The molecule has 1 aliphatic rings. The third kappa shape index (κ3) is 4.54. The predicted octanol–water partition coefficient (Wildman–Crippen LogP) is 5.48. The Bertz CT molecular complexity index is 1210. The normalized spacial score (nSPS) is 13.2. The lowest BCUT2D eigenvalue weighted by Gasteiger charge is -2.18. The minimum atomic E-state index is -1.43. The molecule has 3 aromatic rings. The summed E-state index contributed by atoms with van der Waals surface area (Å²) in [6, 6.07) is 15.4. The van der Waals surface area contributed by atoms with Crippen molar-refractivity contribution in [1.29, 1.82) is 0 Å². The number of rotatable bonds is 6. The lowest BCUT2D eigenvalue weighted by molar-refractivity contribution is -0.139. The molecule has 0 aromatic heterocycles. The van der Waals surface area contributed by atoms with Gasteiger partial charge in [-0.1, -0.05) is 60.1 Å². The number of carbonyl (C=O) groups is 2. The number of fused-ring (bicyclic) bond motifs is 3. The van der Waals surface area contributed by atoms with E-state index in [0.29, 0.717) is 0 Å². The second-order valence-electron chi connectivity index (χ2n) is 7.56. The van der Waals surface area contributed by atoms with Gasteiger partial charge in [0.15, 0.2) is 5.82 Å². The Kier molecular flexibility index (Phi) is 6.58. The summed E-state index contributed by atoms with van der Waals surface area (Å²) < 4.78 is 18.9. The molecule has 0 heterocycles. The molecular formula is C24H18BrClFNO5. The summed E-state index contributed by atoms with van der Waals surface area (Å²) in [5.74, 6) is -2.88. The van der Waals surface area contributed by atoms with Crippen molar-refractivity contribution in [2.45, 2.75) is 18.4 Å². The van der Waals surface area contributed by atoms with Crippen molar-refractivity contribution < 1.29 is 28.9 Å². The molecule has 0 fully saturated rings. The summed E-state index contributed by atoms with van der Waals surface area (Å²) in [6.45, 7) is 0.0192. The number of aromatic hydroxyl groups is 1. The number of carboxylic acid groups (broad SMARTS) is 1. The first-order valence-corrected chi connectivity index (χ1v) is 11.1. The summed E-state index contributed by atoms with van der Waals surface area (Å²) >= 11 is 8.67. The van der Waals surface area contributed by atoms with Crippen LogP contribution in [0.25, 0.3) is 11.1 Å². The molecule has 0 radical (unpaired) electrons. The monoisotopic (exact) mass is 533 g/mol. The van der Waals surface area contributed by atoms with Gasteiger partial charge in [-0.15, -0.1) is 0 Å². The molecule has 3 N–H and O–H groups in total. The molecule has 4 rings (SSSR count). The number of ether oxygens (including phenoxy) is 1. The van der Waals surface area contributed by atoms with Crippen LogP contribution in [0.15, 0.2) is 59.1 Å². The quantitative estimate of drug-likeness (QED) is 0.364. The first kappa shape index (κ1) is 23.1. The Labute approximate surface area is 202 Å². The van der Waals surface area contributed by atoms with Crippen molar-refractivity contribution in [3.63, 3.8) is 0 Å². The number of aliphatic carboxylic acids is 1. The molecule has 1 unspecified atom stereocenters. The molecule has 6 nitrogen and oxygen atoms in total. The second kappa shape index (κ2) is 9.41. The molecule has 0 saturated heterocycles. The number of amides is 1. The van der Waals surface area contributed by atoms with E-state index in [1.54, 1.807) is 0 Å². The van der Waals surface area contributed by atoms with Gasteiger partial charge in [0, 0.05) is 12.3 Å². The van der Waals surface area contributed by atoms with Gasteiger partial charge in [0.05, 0.1) is 9.50 Å². The Hall–Kier alpha value is -3.10. The minimum absolute atomic E-state index is 0.0192. The van der Waals surface area contributed by atoms with Gasteiger partial charge < -0.3 is 20.3 Å². The van der Waals surface area contributed by atoms with E-state index in [2.05, 4.69) is 21.2 Å². The summed E-state index contributed by atoms with van der Waals surface area (Å²) in [5, 5.41) is 21.7. The maximum atomic E-state index is 13.8. The zero-order valence-corrected chi connectivity index (χ0v) is 19.4. The number of hydrogen-bond donors (Lipinski definition) is 3. The van der Waals surface area contributed by atoms with E-state index in [4.69, 9.17) is 16.3 Å². The van der Waals surface area contributed by atoms with Crippen molar-refractivity contribution in [1.82, 2.24) is 5.32 Å². The van der Waals surface area contributed by atoms with E-state index < -0.39 is 29.7 Å². The topological polar surface area (TPSA) is 95.9 Å². The number of hydrogen-bond acceptors (Lipinski definition) is 4. The third-order valence-electron chi connectivity index (χ3n) is 5.57. The molecule has 9 heteroatoms. The molecule has 1 aliphatic carbocycles. The van der Waals surface area contributed by atoms with Crippen molar-refractivity contribution in [2.24, 2.45) is 0 Å². The van der Waals surface area contributed by atoms with Gasteiger partial charge in [-0.05, 0) is 49.8 Å². The van der Waals surface area contributed by atoms with E-state index >= 15 is 0 Å². The van der Waals surface area contributed by atoms with Gasteiger partial charge in [0.25, 0.3) is 0 Å². The fourth-order valence-corrected chi connectivity index (χ4v) is 4.80. The van der Waals surface area contributed by atoms with Crippen LogP contribution in [0, 0.1) is 5.82 Å². The number of alkyl carbamates (subject to hydrolysis) is 1. The zero-order valence-electron chi connectivity index (χ0n) is 17.0. The molecule has 170 valence electrons. The number of carboxylic acids is 1. The molecule has 33 heavy (non-hydrogen) atoms. The minimum Gasteiger partial charge on any atom is -0.506 e. The van der Waals surface area contributed by atoms with Gasteiger partial charge in [0.1, 0.15) is 18.4 Å². The average molecular weight is 535 g/mol. The lowest BCUT2D eigenvalue weighted by Crippen LogP contribution is -2.43. The number of phenols is 1. The summed E-state index contributed by atoms with van der Waals surface area (Å²) in [4.78, 5) is 24.2. The highest BCUT2D eigenvalue weighted by Crippen LogP contribution is 2.44. The van der Waals surface area contributed by atoms with Crippen LogP contribution in [-0.2, 0) is 16.0 Å². The number of halogens is 3. The van der Waals surface area contributed by atoms with E-state index in [9.17, 15) is 24.2 Å². The van der Waals surface area contributed by atoms with E-state index in [1.807, 2.05) is 48.5 Å². The number of nitrogens with one attached hydrogen (secondary N) is 1. The van der Waals surface area contributed by atoms with E-state index in [1.165, 1.54) is 0 Å². The van der Waals surface area contributed by atoms with Gasteiger partial charge in [-0.2, -0.15) is 0 Å². The van der Waals surface area contributed by atoms with Crippen LogP contribution in [0.5, 0.6) is 5.75 Å². The van der Waals surface area contributed by atoms with E-state index in [0.717, 1.165) is 28.3 Å². The molecule has 0 bridgehead atoms. The van der Waals surface area contributed by atoms with Crippen LogP contribution in [-0.4, -0.2) is 34.9 Å². The average Bonchev–Trinajstić information content (AvgIpc) is 3.13. The Morgan fingerprint density at radius 3 is 2.27 bits per heavy atom. The molecule has 0 spiro atoms. The maximum Gasteiger partial charge on any atom is 0.407 e. The molecule has 0 saturated carbocycles. The van der Waals surface area contributed by atoms with Crippen LogP contribution in [0.4, 0.5) is 9.18 Å². The van der Waals surface area contributed by atoms with Gasteiger partial charge in [-0.25, -0.2) is 14.0 Å². The molecule has 0 aliphatic heterocycles. The first-order chi connectivity index (χ1) is 15.8. The number of benzene rings is 3. The number of carbonyl (C=O) groups excluding carboxylic acids is 1. The fourth-order valence-electron chi connectivity index (χ4n) is 3.99. The molecule has 1 amide bonds. The molecule has 1 atom stereocenters. The van der Waals surface area contributed by atoms with E-state index in [-0.39, 0.29) is 34.0 Å². The Balaban J connectivity index is 1.46. The van der Waals surface area contributed by atoms with Gasteiger partial charge >= 0.3 is 12.1 Å². The Morgan fingerprint density at radius 1 is 1.12 bits per heavy atom. The first-order valence-electron chi connectivity index (χ1n) is 9.97. The Morgan fingerprint density at radius 2 is 1.70 bits per heavy atom. The van der Waals surface area contributed by atoms with Crippen molar-refractivity contribution >= 4 is 39.6 Å². The number of phenolic OH excluding ortho intramolecular Hbond substituents is 1. The second-order valence-corrected chi connectivity index (χ2v) is 8.76. The van der Waals surface area contributed by atoms with Crippen molar-refractivity contribution in [3.05, 3.63) is 86.6 Å². The smallest absolute Gasteiger partial charge is 0.407 e. The molecular weight excluding hydrogens is 517 g/mol. The highest BCUT2D eigenvalue weighted by atomic mass is 79.9. The van der Waals surface area contributed by atoms with Crippen molar-refractivity contribution in [3.8, 4) is 16.9 Å². The molecule has 3 aromatic carbocycles. The highest BCUT2D eigenvalue weighted by Gasteiger charge is 2.30. The van der Waals surface area contributed by atoms with Crippen LogP contribution >= 0.6 is 27.5 Å². The lowest BCUT2D eigenvalue weighted by atomic mass is 9.98. The summed E-state index contributed by atoms with van der Waals surface area (Å²) in [6.07, 6.45) is -1.25. The fraction of sp³-hybridized carbons (Fsp3) is 0.167.